The number of hydrogen-bond acceptors (Lipinski definition) is 2. The van der Waals surface area contributed by atoms with Gasteiger partial charge >= 0.3 is 0 Å². The molecule has 4 heteroatoms. The van der Waals surface area contributed by atoms with Crippen LogP contribution in [0.4, 0.5) is 0 Å². The summed E-state index contributed by atoms with van der Waals surface area (Å²) in [5.74, 6) is 0. The molecule has 1 rings (SSSR count). The molecule has 11 heavy (non-hydrogen) atoms. The van der Waals surface area contributed by atoms with Crippen molar-refractivity contribution in [2.24, 2.45) is 5.11 Å². The largest absolute Gasteiger partial charge is 0.261 e. The Kier molecular flexibility index (Phi) is 2.47. The van der Waals surface area contributed by atoms with Gasteiger partial charge in [0.25, 0.3) is 0 Å². The molecule has 0 fully saturated rings. The topological polar surface area (TPSA) is 61.7 Å². The number of aromatic nitrogens is 1. The lowest BCUT2D eigenvalue weighted by Gasteiger charge is -1.93. The lowest BCUT2D eigenvalue weighted by atomic mass is 10.3. The quantitative estimate of drug-likeness (QED) is 0.360. The summed E-state index contributed by atoms with van der Waals surface area (Å²) >= 11 is 0. The van der Waals surface area contributed by atoms with Crippen molar-refractivity contribution >= 4 is 0 Å². The van der Waals surface area contributed by atoms with Crippen LogP contribution in [0.3, 0.4) is 0 Å². The zero-order chi connectivity index (χ0) is 8.10. The molecular weight excluding hydrogens is 140 g/mol. The van der Waals surface area contributed by atoms with Gasteiger partial charge in [0, 0.05) is 16.8 Å². The monoisotopic (exact) mass is 148 g/mol. The minimum absolute atomic E-state index is 0.330. The van der Waals surface area contributed by atoms with Crippen molar-refractivity contribution in [1.82, 2.24) is 4.98 Å². The van der Waals surface area contributed by atoms with Crippen LogP contribution >= 0.6 is 0 Å². The van der Waals surface area contributed by atoms with E-state index in [1.807, 2.05) is 19.1 Å². The van der Waals surface area contributed by atoms with Crippen LogP contribution in [0.5, 0.6) is 0 Å². The number of pyridine rings is 1. The second kappa shape index (κ2) is 3.58. The van der Waals surface area contributed by atoms with Crippen molar-refractivity contribution in [1.29, 1.82) is 0 Å². The number of aryl methyl sites for hydroxylation is 1. The first-order valence-electron chi connectivity index (χ1n) is 3.25. The summed E-state index contributed by atoms with van der Waals surface area (Å²) in [6.07, 6.45) is 1.75. The average molecular weight is 148 g/mol. The Balaban J connectivity index is 2.73. The first-order valence-corrected chi connectivity index (χ1v) is 3.25. The Bertz CT molecular complexity index is 271. The summed E-state index contributed by atoms with van der Waals surface area (Å²) in [5, 5.41) is 3.39. The van der Waals surface area contributed by atoms with Crippen LogP contribution in [0.15, 0.2) is 23.4 Å². The van der Waals surface area contributed by atoms with Gasteiger partial charge in [0.15, 0.2) is 0 Å². The second-order valence-electron chi connectivity index (χ2n) is 2.22. The molecule has 0 saturated carbocycles. The van der Waals surface area contributed by atoms with Gasteiger partial charge in [0.05, 0.1) is 6.54 Å². The lowest BCUT2D eigenvalue weighted by Crippen LogP contribution is -1.85. The molecular formula is C7H8N4. The van der Waals surface area contributed by atoms with Crippen LogP contribution in [0.1, 0.15) is 11.3 Å². The van der Waals surface area contributed by atoms with Gasteiger partial charge < -0.3 is 0 Å². The van der Waals surface area contributed by atoms with E-state index in [1.54, 1.807) is 6.20 Å². The summed E-state index contributed by atoms with van der Waals surface area (Å²) in [6.45, 7) is 2.29. The molecule has 56 valence electrons. The smallest absolute Gasteiger partial charge is 0.0684 e. The van der Waals surface area contributed by atoms with E-state index in [-0.39, 0.29) is 0 Å². The summed E-state index contributed by atoms with van der Waals surface area (Å²) in [5.41, 5.74) is 9.92. The molecule has 1 aromatic rings. The van der Waals surface area contributed by atoms with E-state index in [4.69, 9.17) is 5.53 Å². The molecule has 0 aliphatic heterocycles. The van der Waals surface area contributed by atoms with Crippen molar-refractivity contribution in [3.63, 3.8) is 0 Å². The molecule has 0 atom stereocenters. The Morgan fingerprint density at radius 3 is 3.00 bits per heavy atom. The molecule has 0 spiro atoms. The van der Waals surface area contributed by atoms with E-state index in [2.05, 4.69) is 15.0 Å². The third kappa shape index (κ3) is 2.27. The number of rotatable bonds is 2. The minimum Gasteiger partial charge on any atom is -0.261 e. The molecule has 0 unspecified atom stereocenters. The predicted octanol–water partition coefficient (Wildman–Crippen LogP) is 2.20. The Hall–Kier alpha value is -1.54. The highest BCUT2D eigenvalue weighted by atomic mass is 15.1. The minimum atomic E-state index is 0.330. The highest BCUT2D eigenvalue weighted by Crippen LogP contribution is 1.99. The molecule has 0 aromatic carbocycles. The highest BCUT2D eigenvalue weighted by Gasteiger charge is 1.89. The molecule has 0 aliphatic carbocycles. The normalized spacial score (nSPS) is 8.82. The molecule has 0 N–H and O–H groups in total. The van der Waals surface area contributed by atoms with Gasteiger partial charge in [-0.25, -0.2) is 0 Å². The Labute approximate surface area is 64.5 Å². The van der Waals surface area contributed by atoms with Gasteiger partial charge in [-0.15, -0.1) is 0 Å². The van der Waals surface area contributed by atoms with Crippen molar-refractivity contribution in [2.45, 2.75) is 13.5 Å². The summed E-state index contributed by atoms with van der Waals surface area (Å²) in [4.78, 5) is 6.69. The standard InChI is InChI=1S/C7H8N4/c1-6-2-3-7(9-4-6)5-10-11-8/h2-4H,5H2,1H3. The van der Waals surface area contributed by atoms with Crippen molar-refractivity contribution in [3.8, 4) is 0 Å². The van der Waals surface area contributed by atoms with Crippen LogP contribution in [0, 0.1) is 6.92 Å². The summed E-state index contributed by atoms with van der Waals surface area (Å²) < 4.78 is 0. The molecule has 0 amide bonds. The first-order chi connectivity index (χ1) is 5.33. The molecule has 0 aliphatic rings. The van der Waals surface area contributed by atoms with Gasteiger partial charge in [-0.2, -0.15) is 0 Å². The van der Waals surface area contributed by atoms with Gasteiger partial charge in [0.2, 0.25) is 0 Å². The maximum atomic E-state index is 8.01. The Morgan fingerprint density at radius 1 is 1.64 bits per heavy atom. The maximum absolute atomic E-state index is 8.01. The summed E-state index contributed by atoms with van der Waals surface area (Å²) in [7, 11) is 0. The van der Waals surface area contributed by atoms with Gasteiger partial charge in [-0.1, -0.05) is 11.2 Å². The predicted molar refractivity (Wildman–Crippen MR) is 41.8 cm³/mol. The zero-order valence-electron chi connectivity index (χ0n) is 6.23. The second-order valence-corrected chi connectivity index (χ2v) is 2.22. The molecule has 0 bridgehead atoms. The third-order valence-corrected chi connectivity index (χ3v) is 1.27. The van der Waals surface area contributed by atoms with E-state index in [1.165, 1.54) is 0 Å². The van der Waals surface area contributed by atoms with Crippen molar-refractivity contribution < 1.29 is 0 Å². The van der Waals surface area contributed by atoms with E-state index in [0.29, 0.717) is 6.54 Å². The molecule has 4 nitrogen and oxygen atoms in total. The van der Waals surface area contributed by atoms with Crippen molar-refractivity contribution in [2.75, 3.05) is 0 Å². The lowest BCUT2D eigenvalue weighted by molar-refractivity contribution is 0.971. The van der Waals surface area contributed by atoms with Crippen LogP contribution in [-0.4, -0.2) is 4.98 Å². The molecule has 0 saturated heterocycles. The van der Waals surface area contributed by atoms with Gasteiger partial charge in [-0.05, 0) is 24.1 Å². The number of nitrogens with zero attached hydrogens (tertiary/aromatic N) is 4. The van der Waals surface area contributed by atoms with Crippen LogP contribution in [0.2, 0.25) is 0 Å². The summed E-state index contributed by atoms with van der Waals surface area (Å²) in [6, 6.07) is 3.79. The molecule has 1 heterocycles. The van der Waals surface area contributed by atoms with Crippen LogP contribution in [-0.2, 0) is 6.54 Å². The van der Waals surface area contributed by atoms with E-state index >= 15 is 0 Å². The fraction of sp³-hybridized carbons (Fsp3) is 0.286. The molecule has 0 radical (unpaired) electrons. The van der Waals surface area contributed by atoms with E-state index < -0.39 is 0 Å². The van der Waals surface area contributed by atoms with Crippen LogP contribution in [0.25, 0.3) is 10.4 Å². The SMILES string of the molecule is Cc1ccc(CN=[N+]=[N-])nc1. The zero-order valence-corrected chi connectivity index (χ0v) is 6.23. The maximum Gasteiger partial charge on any atom is 0.0684 e. The number of azide groups is 1. The van der Waals surface area contributed by atoms with Gasteiger partial charge in [0.1, 0.15) is 0 Å². The van der Waals surface area contributed by atoms with Gasteiger partial charge in [-0.3, -0.25) is 4.98 Å². The fourth-order valence-electron chi connectivity index (χ4n) is 0.696. The van der Waals surface area contributed by atoms with Crippen molar-refractivity contribution in [3.05, 3.63) is 40.0 Å². The van der Waals surface area contributed by atoms with Crippen LogP contribution < -0.4 is 0 Å². The Morgan fingerprint density at radius 2 is 2.45 bits per heavy atom. The number of hydrogen-bond donors (Lipinski definition) is 0. The van der Waals surface area contributed by atoms with E-state index in [9.17, 15) is 0 Å². The fourth-order valence-corrected chi connectivity index (χ4v) is 0.696. The molecule has 1 aromatic heterocycles. The average Bonchev–Trinajstić information content (AvgIpc) is 2.04. The van der Waals surface area contributed by atoms with E-state index in [0.717, 1.165) is 11.3 Å². The highest BCUT2D eigenvalue weighted by molar-refractivity contribution is 5.11. The third-order valence-electron chi connectivity index (χ3n) is 1.27. The first kappa shape index (κ1) is 7.57.